The van der Waals surface area contributed by atoms with E-state index < -0.39 is 0 Å². The van der Waals surface area contributed by atoms with Crippen LogP contribution < -0.4 is 15.4 Å². The molecule has 0 aliphatic carbocycles. The zero-order chi connectivity index (χ0) is 24.2. The summed E-state index contributed by atoms with van der Waals surface area (Å²) in [6, 6.07) is 25.0. The number of urea groups is 1. The number of nitrogens with zero attached hydrogens (tertiary/aromatic N) is 2. The van der Waals surface area contributed by atoms with Crippen LogP contribution in [0.4, 0.5) is 4.79 Å². The minimum atomic E-state index is -0.324. The molecule has 4 aromatic rings. The third kappa shape index (κ3) is 5.00. The molecule has 0 saturated heterocycles. The molecule has 2 N–H and O–H groups in total. The lowest BCUT2D eigenvalue weighted by Gasteiger charge is -2.28. The third-order valence-electron chi connectivity index (χ3n) is 5.74. The summed E-state index contributed by atoms with van der Waals surface area (Å²) in [6.07, 6.45) is 0. The van der Waals surface area contributed by atoms with Crippen LogP contribution in [0.15, 0.2) is 94.9 Å². The van der Waals surface area contributed by atoms with Gasteiger partial charge in [0.1, 0.15) is 16.5 Å². The van der Waals surface area contributed by atoms with E-state index in [0.29, 0.717) is 6.54 Å². The van der Waals surface area contributed by atoms with Gasteiger partial charge >= 0.3 is 6.03 Å². The number of para-hydroxylation sites is 1. The molecule has 1 atom stereocenters. The van der Waals surface area contributed by atoms with Crippen LogP contribution in [0, 0.1) is 0 Å². The summed E-state index contributed by atoms with van der Waals surface area (Å²) in [5, 5.41) is 8.85. The van der Waals surface area contributed by atoms with Gasteiger partial charge in [0.15, 0.2) is 0 Å². The molecular formula is C28H24N4O2S. The highest BCUT2D eigenvalue weighted by Gasteiger charge is 2.29. The molecule has 6 nitrogen and oxygen atoms in total. The van der Waals surface area contributed by atoms with Crippen LogP contribution in [0.25, 0.3) is 16.8 Å². The third-order valence-corrected chi connectivity index (χ3v) is 6.62. The summed E-state index contributed by atoms with van der Waals surface area (Å²) >= 11 is 1.56. The van der Waals surface area contributed by atoms with Crippen molar-refractivity contribution in [2.24, 2.45) is 4.99 Å². The molecule has 1 unspecified atom stereocenters. The smallest absolute Gasteiger partial charge is 0.319 e. The number of nitrogens with one attached hydrogen (secondary N) is 2. The minimum Gasteiger partial charge on any atom is -0.457 e. The number of hydrogen-bond donors (Lipinski definition) is 2. The number of benzene rings is 3. The molecule has 2 amide bonds. The lowest BCUT2D eigenvalue weighted by atomic mass is 9.96. The molecule has 2 heterocycles. The van der Waals surface area contributed by atoms with Crippen molar-refractivity contribution in [2.45, 2.75) is 19.5 Å². The second kappa shape index (κ2) is 9.95. The first-order valence-electron chi connectivity index (χ1n) is 11.2. The fourth-order valence-corrected chi connectivity index (χ4v) is 4.98. The van der Waals surface area contributed by atoms with Gasteiger partial charge in [-0.15, -0.1) is 11.3 Å². The highest BCUT2D eigenvalue weighted by Crippen LogP contribution is 2.38. The Morgan fingerprint density at radius 3 is 2.43 bits per heavy atom. The van der Waals surface area contributed by atoms with E-state index in [4.69, 9.17) is 9.72 Å². The maximum atomic E-state index is 12.3. The van der Waals surface area contributed by atoms with Crippen LogP contribution in [0.2, 0.25) is 0 Å². The predicted octanol–water partition coefficient (Wildman–Crippen LogP) is 6.59. The van der Waals surface area contributed by atoms with Crippen molar-refractivity contribution in [3.05, 3.63) is 106 Å². The van der Waals surface area contributed by atoms with Crippen molar-refractivity contribution in [3.63, 3.8) is 0 Å². The van der Waals surface area contributed by atoms with Gasteiger partial charge in [-0.1, -0.05) is 54.6 Å². The molecule has 5 rings (SSSR count). The second-order valence-corrected chi connectivity index (χ2v) is 9.03. The van der Waals surface area contributed by atoms with Gasteiger partial charge in [-0.25, -0.2) is 9.78 Å². The summed E-state index contributed by atoms with van der Waals surface area (Å²) in [4.78, 5) is 21.2. The van der Waals surface area contributed by atoms with E-state index in [0.717, 1.165) is 50.2 Å². The molecule has 1 aliphatic heterocycles. The zero-order valence-electron chi connectivity index (χ0n) is 19.2. The van der Waals surface area contributed by atoms with Crippen LogP contribution in [-0.4, -0.2) is 17.7 Å². The average Bonchev–Trinajstić information content (AvgIpc) is 3.35. The first-order valence-corrected chi connectivity index (χ1v) is 12.1. The first-order chi connectivity index (χ1) is 17.1. The van der Waals surface area contributed by atoms with Gasteiger partial charge in [0.2, 0.25) is 0 Å². The molecule has 0 saturated carbocycles. The van der Waals surface area contributed by atoms with E-state index in [-0.39, 0.29) is 12.1 Å². The maximum Gasteiger partial charge on any atom is 0.319 e. The lowest BCUT2D eigenvalue weighted by Crippen LogP contribution is -2.42. The molecule has 0 bridgehead atoms. The molecule has 174 valence electrons. The van der Waals surface area contributed by atoms with Crippen molar-refractivity contribution in [3.8, 4) is 22.8 Å². The van der Waals surface area contributed by atoms with Gasteiger partial charge in [0, 0.05) is 22.2 Å². The SMILES string of the molecule is C=NCc1ccc(-c2csc(C3=C(C)NC(=O)NC3c3ccc(Oc4ccccc4)cc3)n2)cc1. The number of hydrogen-bond acceptors (Lipinski definition) is 5. The fraction of sp³-hybridized carbons (Fsp3) is 0.107. The highest BCUT2D eigenvalue weighted by molar-refractivity contribution is 7.11. The number of amides is 2. The standard InChI is InChI=1S/C28H24N4O2S/c1-18-25(27-31-24(17-35-27)20-10-8-19(9-11-20)16-29-2)26(32-28(33)30-18)21-12-14-23(15-13-21)34-22-6-4-3-5-7-22/h3-15,17,26H,2,16H2,1H3,(H2,30,32,33). The Balaban J connectivity index is 1.42. The summed E-state index contributed by atoms with van der Waals surface area (Å²) in [6.45, 7) is 6.05. The number of allylic oxidation sites excluding steroid dienone is 1. The Hall–Kier alpha value is -4.23. The number of carbonyl (C=O) groups is 1. The van der Waals surface area contributed by atoms with Crippen molar-refractivity contribution in [1.29, 1.82) is 0 Å². The van der Waals surface area contributed by atoms with E-state index in [9.17, 15) is 4.79 Å². The largest absolute Gasteiger partial charge is 0.457 e. The number of aromatic nitrogens is 1. The number of ether oxygens (including phenoxy) is 1. The number of aliphatic imine (C=N–C) groups is 1. The summed E-state index contributed by atoms with van der Waals surface area (Å²) in [5.74, 6) is 1.50. The molecular weight excluding hydrogens is 456 g/mol. The minimum absolute atomic E-state index is 0.232. The van der Waals surface area contributed by atoms with Gasteiger partial charge in [0.25, 0.3) is 0 Å². The first kappa shape index (κ1) is 22.6. The molecule has 0 spiro atoms. The monoisotopic (exact) mass is 480 g/mol. The summed E-state index contributed by atoms with van der Waals surface area (Å²) in [7, 11) is 0. The quantitative estimate of drug-likeness (QED) is 0.293. The Morgan fingerprint density at radius 2 is 1.71 bits per heavy atom. The van der Waals surface area contributed by atoms with Gasteiger partial charge in [0.05, 0.1) is 18.3 Å². The van der Waals surface area contributed by atoms with Crippen molar-refractivity contribution >= 4 is 29.7 Å². The molecule has 1 aromatic heterocycles. The van der Waals surface area contributed by atoms with E-state index in [1.54, 1.807) is 11.3 Å². The number of rotatable bonds is 7. The zero-order valence-corrected chi connectivity index (χ0v) is 20.0. The van der Waals surface area contributed by atoms with Crippen LogP contribution in [-0.2, 0) is 6.54 Å². The van der Waals surface area contributed by atoms with Crippen LogP contribution >= 0.6 is 11.3 Å². The van der Waals surface area contributed by atoms with Crippen molar-refractivity contribution < 1.29 is 9.53 Å². The van der Waals surface area contributed by atoms with E-state index in [1.165, 1.54) is 0 Å². The predicted molar refractivity (Wildman–Crippen MR) is 141 cm³/mol. The Labute approximate surface area is 208 Å². The Bertz CT molecular complexity index is 1380. The fourth-order valence-electron chi connectivity index (χ4n) is 4.02. The Kier molecular flexibility index (Phi) is 6.41. The molecule has 35 heavy (non-hydrogen) atoms. The van der Waals surface area contributed by atoms with E-state index >= 15 is 0 Å². The van der Waals surface area contributed by atoms with Crippen LogP contribution in [0.1, 0.15) is 29.1 Å². The van der Waals surface area contributed by atoms with Crippen LogP contribution in [0.5, 0.6) is 11.5 Å². The molecule has 0 fully saturated rings. The molecule has 7 heteroatoms. The topological polar surface area (TPSA) is 75.6 Å². The number of thiazole rings is 1. The average molecular weight is 481 g/mol. The van der Waals surface area contributed by atoms with Crippen molar-refractivity contribution in [2.75, 3.05) is 0 Å². The van der Waals surface area contributed by atoms with E-state index in [1.807, 2.05) is 91.2 Å². The lowest BCUT2D eigenvalue weighted by molar-refractivity contribution is 0.240. The normalized spacial score (nSPS) is 15.3. The second-order valence-electron chi connectivity index (χ2n) is 8.17. The molecule has 0 radical (unpaired) electrons. The van der Waals surface area contributed by atoms with Gasteiger partial charge in [-0.2, -0.15) is 0 Å². The van der Waals surface area contributed by atoms with Gasteiger partial charge in [-0.3, -0.25) is 4.99 Å². The van der Waals surface area contributed by atoms with Gasteiger partial charge < -0.3 is 15.4 Å². The van der Waals surface area contributed by atoms with Gasteiger partial charge in [-0.05, 0) is 49.0 Å². The highest BCUT2D eigenvalue weighted by atomic mass is 32.1. The van der Waals surface area contributed by atoms with Crippen molar-refractivity contribution in [1.82, 2.24) is 15.6 Å². The molecule has 3 aromatic carbocycles. The van der Waals surface area contributed by atoms with E-state index in [2.05, 4.69) is 22.3 Å². The summed E-state index contributed by atoms with van der Waals surface area (Å²) < 4.78 is 5.92. The Morgan fingerprint density at radius 1 is 1.00 bits per heavy atom. The van der Waals surface area contributed by atoms with Crippen LogP contribution in [0.3, 0.4) is 0 Å². The summed E-state index contributed by atoms with van der Waals surface area (Å²) in [5.41, 5.74) is 5.72. The molecule has 1 aliphatic rings. The number of carbonyl (C=O) groups excluding carboxylic acids is 1. The maximum absolute atomic E-state index is 12.3.